The molecule has 1 saturated heterocycles. The summed E-state index contributed by atoms with van der Waals surface area (Å²) in [5, 5.41) is 5.59. The van der Waals surface area contributed by atoms with Gasteiger partial charge in [0, 0.05) is 29.6 Å². The zero-order valence-electron chi connectivity index (χ0n) is 17.1. The fraction of sp³-hybridized carbons (Fsp3) is 0.273. The van der Waals surface area contributed by atoms with E-state index in [0.717, 1.165) is 16.8 Å². The van der Waals surface area contributed by atoms with Crippen LogP contribution in [0.15, 0.2) is 58.8 Å². The van der Waals surface area contributed by atoms with Crippen LogP contribution < -0.4 is 5.32 Å². The van der Waals surface area contributed by atoms with Gasteiger partial charge in [-0.15, -0.1) is 11.3 Å². The minimum Gasteiger partial charge on any atom is -0.379 e. The molecule has 1 fully saturated rings. The number of Topliss-reactive ketones (excluding diaryl/α,β-unsaturated/α-hetero) is 1. The van der Waals surface area contributed by atoms with Crippen LogP contribution in [-0.4, -0.2) is 56.3 Å². The quantitative estimate of drug-likeness (QED) is 0.547. The zero-order chi connectivity index (χ0) is 21.8. The number of aromatic nitrogens is 1. The van der Waals surface area contributed by atoms with Gasteiger partial charge in [-0.05, 0) is 19.1 Å². The molecule has 9 heteroatoms. The van der Waals surface area contributed by atoms with E-state index in [4.69, 9.17) is 4.74 Å². The predicted molar refractivity (Wildman–Crippen MR) is 121 cm³/mol. The molecule has 31 heavy (non-hydrogen) atoms. The first-order valence-electron chi connectivity index (χ1n) is 9.91. The number of nitrogens with zero attached hydrogens (tertiary/aromatic N) is 2. The molecule has 1 aliphatic heterocycles. The molecule has 1 aliphatic rings. The van der Waals surface area contributed by atoms with Crippen LogP contribution in [0.3, 0.4) is 0 Å². The van der Waals surface area contributed by atoms with Gasteiger partial charge in [0.2, 0.25) is 10.0 Å². The van der Waals surface area contributed by atoms with Crippen molar-refractivity contribution in [3.63, 3.8) is 0 Å². The van der Waals surface area contributed by atoms with E-state index >= 15 is 0 Å². The van der Waals surface area contributed by atoms with Crippen molar-refractivity contribution in [1.82, 2.24) is 9.29 Å². The highest BCUT2D eigenvalue weighted by Gasteiger charge is 2.26. The van der Waals surface area contributed by atoms with Crippen LogP contribution in [0, 0.1) is 6.92 Å². The molecule has 0 amide bonds. The first kappa shape index (κ1) is 21.6. The third kappa shape index (κ3) is 5.01. The van der Waals surface area contributed by atoms with Crippen LogP contribution >= 0.6 is 11.3 Å². The number of hydrogen-bond acceptors (Lipinski definition) is 7. The van der Waals surface area contributed by atoms with Gasteiger partial charge in [-0.25, -0.2) is 13.4 Å². The number of anilines is 1. The van der Waals surface area contributed by atoms with Crippen molar-refractivity contribution in [1.29, 1.82) is 0 Å². The van der Waals surface area contributed by atoms with Gasteiger partial charge in [0.05, 0.1) is 30.3 Å². The number of thiazole rings is 1. The summed E-state index contributed by atoms with van der Waals surface area (Å²) >= 11 is 1.40. The SMILES string of the molecule is Cc1ccc(C(=O)CNc2nc(-c3ccc(S(=O)(=O)N4CCOCC4)cc3)cs2)cc1. The Morgan fingerprint density at radius 2 is 1.77 bits per heavy atom. The van der Waals surface area contributed by atoms with Gasteiger partial charge in [-0.3, -0.25) is 4.79 Å². The Kier molecular flexibility index (Phi) is 6.47. The molecule has 2 aromatic carbocycles. The van der Waals surface area contributed by atoms with Crippen LogP contribution in [0.2, 0.25) is 0 Å². The highest BCUT2D eigenvalue weighted by atomic mass is 32.2. The number of morpholine rings is 1. The second-order valence-corrected chi connectivity index (χ2v) is 10.0. The van der Waals surface area contributed by atoms with Gasteiger partial charge in [-0.2, -0.15) is 4.31 Å². The minimum atomic E-state index is -3.52. The molecule has 162 valence electrons. The normalized spacial score (nSPS) is 15.0. The van der Waals surface area contributed by atoms with Gasteiger partial charge in [-0.1, -0.05) is 42.0 Å². The largest absolute Gasteiger partial charge is 0.379 e. The average molecular weight is 458 g/mol. The van der Waals surface area contributed by atoms with Crippen molar-refractivity contribution in [2.24, 2.45) is 0 Å². The molecule has 4 rings (SSSR count). The Labute approximate surface area is 185 Å². The molecule has 3 aromatic rings. The monoisotopic (exact) mass is 457 g/mol. The number of carbonyl (C=O) groups excluding carboxylic acids is 1. The zero-order valence-corrected chi connectivity index (χ0v) is 18.7. The lowest BCUT2D eigenvalue weighted by molar-refractivity contribution is 0.0730. The molecule has 7 nitrogen and oxygen atoms in total. The summed E-state index contributed by atoms with van der Waals surface area (Å²) in [6.45, 7) is 3.70. The summed E-state index contributed by atoms with van der Waals surface area (Å²) in [6, 6.07) is 14.2. The second-order valence-electron chi connectivity index (χ2n) is 7.22. The number of ketones is 1. The number of sulfonamides is 1. The standard InChI is InChI=1S/C22H23N3O4S2/c1-16-2-4-18(5-3-16)21(26)14-23-22-24-20(15-30-22)17-6-8-19(9-7-17)31(27,28)25-10-12-29-13-11-25/h2-9,15H,10-14H2,1H3,(H,23,24). The van der Waals surface area contributed by atoms with Gasteiger partial charge in [0.15, 0.2) is 10.9 Å². The number of aryl methyl sites for hydroxylation is 1. The van der Waals surface area contributed by atoms with E-state index in [0.29, 0.717) is 37.0 Å². The van der Waals surface area contributed by atoms with Crippen LogP contribution in [0.4, 0.5) is 5.13 Å². The molecule has 1 aromatic heterocycles. The molecule has 0 saturated carbocycles. The van der Waals surface area contributed by atoms with Crippen molar-refractivity contribution < 1.29 is 17.9 Å². The second kappa shape index (κ2) is 9.27. The van der Waals surface area contributed by atoms with E-state index in [2.05, 4.69) is 10.3 Å². The average Bonchev–Trinajstić information content (AvgIpc) is 3.28. The van der Waals surface area contributed by atoms with E-state index in [-0.39, 0.29) is 17.2 Å². The topological polar surface area (TPSA) is 88.6 Å². The van der Waals surface area contributed by atoms with Crippen LogP contribution in [0.1, 0.15) is 15.9 Å². The highest BCUT2D eigenvalue weighted by molar-refractivity contribution is 7.89. The molecule has 0 unspecified atom stereocenters. The Balaban J connectivity index is 1.40. The molecule has 0 bridgehead atoms. The summed E-state index contributed by atoms with van der Waals surface area (Å²) < 4.78 is 32.2. The maximum Gasteiger partial charge on any atom is 0.243 e. The third-order valence-electron chi connectivity index (χ3n) is 5.04. The van der Waals surface area contributed by atoms with Crippen molar-refractivity contribution >= 4 is 32.3 Å². The fourth-order valence-corrected chi connectivity index (χ4v) is 5.35. The number of nitrogens with one attached hydrogen (secondary N) is 1. The summed E-state index contributed by atoms with van der Waals surface area (Å²) in [7, 11) is -3.52. The lowest BCUT2D eigenvalue weighted by atomic mass is 10.1. The number of carbonyl (C=O) groups is 1. The maximum atomic E-state index is 12.7. The summed E-state index contributed by atoms with van der Waals surface area (Å²) in [5.74, 6) is -0.00516. The van der Waals surface area contributed by atoms with E-state index in [1.165, 1.54) is 15.6 Å². The molecule has 2 heterocycles. The molecule has 0 atom stereocenters. The van der Waals surface area contributed by atoms with Gasteiger partial charge < -0.3 is 10.1 Å². The number of rotatable bonds is 7. The van der Waals surface area contributed by atoms with Crippen LogP contribution in [-0.2, 0) is 14.8 Å². The van der Waals surface area contributed by atoms with E-state index in [1.54, 1.807) is 24.3 Å². The van der Waals surface area contributed by atoms with Gasteiger partial charge in [0.25, 0.3) is 0 Å². The van der Waals surface area contributed by atoms with Gasteiger partial charge >= 0.3 is 0 Å². The van der Waals surface area contributed by atoms with E-state index in [9.17, 15) is 13.2 Å². The number of benzene rings is 2. The first-order valence-corrected chi connectivity index (χ1v) is 12.2. The molecular formula is C22H23N3O4S2. The maximum absolute atomic E-state index is 12.7. The van der Waals surface area contributed by atoms with Gasteiger partial charge in [0.1, 0.15) is 0 Å². The van der Waals surface area contributed by atoms with Crippen molar-refractivity contribution in [3.05, 3.63) is 65.0 Å². The van der Waals surface area contributed by atoms with Crippen molar-refractivity contribution in [3.8, 4) is 11.3 Å². The first-order chi connectivity index (χ1) is 14.9. The molecule has 0 radical (unpaired) electrons. The van der Waals surface area contributed by atoms with Crippen molar-refractivity contribution in [2.75, 3.05) is 38.2 Å². The predicted octanol–water partition coefficient (Wildman–Crippen LogP) is 3.43. The van der Waals surface area contributed by atoms with E-state index < -0.39 is 10.0 Å². The van der Waals surface area contributed by atoms with Crippen molar-refractivity contribution in [2.45, 2.75) is 11.8 Å². The summed E-state index contributed by atoms with van der Waals surface area (Å²) in [4.78, 5) is 17.1. The Morgan fingerprint density at radius 1 is 1.10 bits per heavy atom. The van der Waals surface area contributed by atoms with Crippen LogP contribution in [0.5, 0.6) is 0 Å². The Bertz CT molecular complexity index is 1150. The molecule has 1 N–H and O–H groups in total. The minimum absolute atomic E-state index is 0.00516. The molecular weight excluding hydrogens is 434 g/mol. The lowest BCUT2D eigenvalue weighted by Crippen LogP contribution is -2.40. The Morgan fingerprint density at radius 3 is 2.45 bits per heavy atom. The number of ether oxygens (including phenoxy) is 1. The fourth-order valence-electron chi connectivity index (χ4n) is 3.22. The van der Waals surface area contributed by atoms with Crippen LogP contribution in [0.25, 0.3) is 11.3 Å². The summed E-state index contributed by atoms with van der Waals surface area (Å²) in [5.41, 5.74) is 3.31. The third-order valence-corrected chi connectivity index (χ3v) is 7.75. The highest BCUT2D eigenvalue weighted by Crippen LogP contribution is 2.27. The number of hydrogen-bond donors (Lipinski definition) is 1. The van der Waals surface area contributed by atoms with E-state index in [1.807, 2.05) is 36.6 Å². The molecule has 0 aliphatic carbocycles. The smallest absolute Gasteiger partial charge is 0.243 e. The Hall–Kier alpha value is -2.59. The lowest BCUT2D eigenvalue weighted by Gasteiger charge is -2.26. The molecule has 0 spiro atoms. The summed E-state index contributed by atoms with van der Waals surface area (Å²) in [6.07, 6.45) is 0.